The first kappa shape index (κ1) is 9.96. The third-order valence-corrected chi connectivity index (χ3v) is 1.71. The van der Waals surface area contributed by atoms with Gasteiger partial charge in [0.2, 0.25) is 0 Å². The topological polar surface area (TPSA) is 26.3 Å². The second kappa shape index (κ2) is 4.21. The fourth-order valence-corrected chi connectivity index (χ4v) is 1.13. The maximum atomic E-state index is 13.2. The van der Waals surface area contributed by atoms with Gasteiger partial charge in [-0.05, 0) is 19.9 Å². The molecule has 0 aliphatic heterocycles. The van der Waals surface area contributed by atoms with Crippen molar-refractivity contribution in [3.63, 3.8) is 0 Å². The minimum atomic E-state index is -0.340. The standard InChI is InChI=1S/C10H13FO2/c1-7(2)13-10-4-3-8(6-12)5-9(10)11/h3-4,6-8H,5H2,1-2H3. The quantitative estimate of drug-likeness (QED) is 0.629. The Kier molecular flexibility index (Phi) is 3.23. The summed E-state index contributed by atoms with van der Waals surface area (Å²) in [4.78, 5) is 10.4. The molecule has 0 saturated carbocycles. The van der Waals surface area contributed by atoms with Gasteiger partial charge >= 0.3 is 0 Å². The van der Waals surface area contributed by atoms with Crippen LogP contribution in [0.5, 0.6) is 0 Å². The van der Waals surface area contributed by atoms with E-state index in [0.29, 0.717) is 0 Å². The van der Waals surface area contributed by atoms with Crippen molar-refractivity contribution < 1.29 is 13.9 Å². The predicted octanol–water partition coefficient (Wildman–Crippen LogP) is 2.37. The molecule has 0 bridgehead atoms. The van der Waals surface area contributed by atoms with E-state index in [1.165, 1.54) is 6.08 Å². The van der Waals surface area contributed by atoms with Crippen molar-refractivity contribution in [2.75, 3.05) is 0 Å². The van der Waals surface area contributed by atoms with Crippen LogP contribution in [0, 0.1) is 5.92 Å². The highest BCUT2D eigenvalue weighted by molar-refractivity contribution is 5.58. The largest absolute Gasteiger partial charge is 0.488 e. The zero-order valence-corrected chi connectivity index (χ0v) is 7.79. The average Bonchev–Trinajstić information content (AvgIpc) is 2.08. The fourth-order valence-electron chi connectivity index (χ4n) is 1.13. The Morgan fingerprint density at radius 2 is 2.38 bits per heavy atom. The maximum Gasteiger partial charge on any atom is 0.150 e. The molecule has 0 fully saturated rings. The number of hydrogen-bond donors (Lipinski definition) is 0. The highest BCUT2D eigenvalue weighted by Gasteiger charge is 2.17. The van der Waals surface area contributed by atoms with Crippen molar-refractivity contribution in [3.05, 3.63) is 23.7 Å². The highest BCUT2D eigenvalue weighted by Crippen LogP contribution is 2.24. The number of aldehydes is 1. The molecule has 1 rings (SSSR count). The van der Waals surface area contributed by atoms with Gasteiger partial charge in [-0.2, -0.15) is 0 Å². The first-order valence-electron chi connectivity index (χ1n) is 4.32. The van der Waals surface area contributed by atoms with E-state index in [1.807, 2.05) is 13.8 Å². The molecule has 0 saturated heterocycles. The van der Waals surface area contributed by atoms with Crippen molar-refractivity contribution in [1.29, 1.82) is 0 Å². The van der Waals surface area contributed by atoms with Gasteiger partial charge in [0, 0.05) is 12.3 Å². The van der Waals surface area contributed by atoms with Gasteiger partial charge < -0.3 is 9.53 Å². The minimum absolute atomic E-state index is 0.0434. The fraction of sp³-hybridized carbons (Fsp3) is 0.500. The molecule has 1 unspecified atom stereocenters. The van der Waals surface area contributed by atoms with Crippen LogP contribution in [-0.4, -0.2) is 12.4 Å². The first-order valence-corrected chi connectivity index (χ1v) is 4.32. The van der Waals surface area contributed by atoms with Gasteiger partial charge in [0.1, 0.15) is 12.1 Å². The van der Waals surface area contributed by atoms with Crippen LogP contribution in [0.3, 0.4) is 0 Å². The second-order valence-electron chi connectivity index (χ2n) is 3.30. The average molecular weight is 184 g/mol. The minimum Gasteiger partial charge on any atom is -0.488 e. The SMILES string of the molecule is CC(C)OC1=C(F)CC(C=O)C=C1. The lowest BCUT2D eigenvalue weighted by Gasteiger charge is -2.16. The number of rotatable bonds is 3. The Bertz CT molecular complexity index is 254. The summed E-state index contributed by atoms with van der Waals surface area (Å²) in [5, 5.41) is 0. The number of ether oxygens (including phenoxy) is 1. The first-order chi connectivity index (χ1) is 6.13. The summed E-state index contributed by atoms with van der Waals surface area (Å²) in [5.41, 5.74) is 0. The molecule has 1 atom stereocenters. The van der Waals surface area contributed by atoms with Crippen molar-refractivity contribution >= 4 is 6.29 Å². The highest BCUT2D eigenvalue weighted by atomic mass is 19.1. The molecule has 0 N–H and O–H groups in total. The van der Waals surface area contributed by atoms with E-state index in [9.17, 15) is 9.18 Å². The molecule has 0 radical (unpaired) electrons. The molecule has 2 nitrogen and oxygen atoms in total. The molecule has 0 aromatic carbocycles. The number of carbonyl (C=O) groups excluding carboxylic acids is 1. The van der Waals surface area contributed by atoms with Gasteiger partial charge in [0.25, 0.3) is 0 Å². The number of halogens is 1. The second-order valence-corrected chi connectivity index (χ2v) is 3.30. The van der Waals surface area contributed by atoms with Gasteiger partial charge in [0.15, 0.2) is 5.76 Å². The van der Waals surface area contributed by atoms with Crippen LogP contribution in [0.1, 0.15) is 20.3 Å². The number of hydrogen-bond acceptors (Lipinski definition) is 2. The van der Waals surface area contributed by atoms with E-state index in [1.54, 1.807) is 6.08 Å². The molecule has 72 valence electrons. The molecule has 1 aliphatic carbocycles. The summed E-state index contributed by atoms with van der Waals surface area (Å²) < 4.78 is 18.4. The molecular formula is C10H13FO2. The Morgan fingerprint density at radius 1 is 1.69 bits per heavy atom. The number of allylic oxidation sites excluding steroid dienone is 3. The van der Waals surface area contributed by atoms with E-state index in [0.717, 1.165) is 6.29 Å². The summed E-state index contributed by atoms with van der Waals surface area (Å²) >= 11 is 0. The normalized spacial score (nSPS) is 22.3. The van der Waals surface area contributed by atoms with Crippen molar-refractivity contribution in [1.82, 2.24) is 0 Å². The lowest BCUT2D eigenvalue weighted by atomic mass is 10.0. The van der Waals surface area contributed by atoms with E-state index >= 15 is 0 Å². The van der Waals surface area contributed by atoms with Gasteiger partial charge in [-0.3, -0.25) is 0 Å². The molecule has 3 heteroatoms. The van der Waals surface area contributed by atoms with Crippen molar-refractivity contribution in [3.8, 4) is 0 Å². The lowest BCUT2D eigenvalue weighted by molar-refractivity contribution is -0.110. The zero-order valence-electron chi connectivity index (χ0n) is 7.79. The summed E-state index contributed by atoms with van der Waals surface area (Å²) in [6.07, 6.45) is 4.01. The summed E-state index contributed by atoms with van der Waals surface area (Å²) in [6.45, 7) is 3.67. The van der Waals surface area contributed by atoms with Crippen LogP contribution in [0.15, 0.2) is 23.7 Å². The molecule has 0 heterocycles. The van der Waals surface area contributed by atoms with Crippen molar-refractivity contribution in [2.24, 2.45) is 5.92 Å². The Morgan fingerprint density at radius 3 is 2.85 bits per heavy atom. The van der Waals surface area contributed by atoms with Crippen LogP contribution in [0.2, 0.25) is 0 Å². The van der Waals surface area contributed by atoms with E-state index in [-0.39, 0.29) is 30.0 Å². The van der Waals surface area contributed by atoms with Gasteiger partial charge in [0.05, 0.1) is 6.10 Å². The Labute approximate surface area is 77.1 Å². The third-order valence-electron chi connectivity index (χ3n) is 1.71. The predicted molar refractivity (Wildman–Crippen MR) is 47.7 cm³/mol. The monoisotopic (exact) mass is 184 g/mol. The van der Waals surface area contributed by atoms with Crippen LogP contribution in [0.4, 0.5) is 4.39 Å². The molecular weight excluding hydrogens is 171 g/mol. The zero-order chi connectivity index (χ0) is 9.84. The van der Waals surface area contributed by atoms with Crippen LogP contribution < -0.4 is 0 Å². The van der Waals surface area contributed by atoms with Gasteiger partial charge in [-0.15, -0.1) is 0 Å². The molecule has 0 amide bonds. The van der Waals surface area contributed by atoms with Gasteiger partial charge in [-0.25, -0.2) is 4.39 Å². The summed E-state index contributed by atoms with van der Waals surface area (Å²) in [7, 11) is 0. The van der Waals surface area contributed by atoms with Gasteiger partial charge in [-0.1, -0.05) is 6.08 Å². The van der Waals surface area contributed by atoms with Crippen molar-refractivity contribution in [2.45, 2.75) is 26.4 Å². The number of carbonyl (C=O) groups is 1. The smallest absolute Gasteiger partial charge is 0.150 e. The van der Waals surface area contributed by atoms with Crippen LogP contribution in [-0.2, 0) is 9.53 Å². The Hall–Kier alpha value is -1.12. The van der Waals surface area contributed by atoms with Crippen LogP contribution >= 0.6 is 0 Å². The molecule has 0 spiro atoms. The summed E-state index contributed by atoms with van der Waals surface area (Å²) in [5.74, 6) is -0.416. The van der Waals surface area contributed by atoms with E-state index in [4.69, 9.17) is 4.74 Å². The van der Waals surface area contributed by atoms with E-state index < -0.39 is 0 Å². The molecule has 1 aliphatic rings. The van der Waals surface area contributed by atoms with Crippen LogP contribution in [0.25, 0.3) is 0 Å². The lowest BCUT2D eigenvalue weighted by Crippen LogP contribution is -2.09. The third kappa shape index (κ3) is 2.68. The summed E-state index contributed by atoms with van der Waals surface area (Å²) in [6, 6.07) is 0. The Balaban J connectivity index is 2.66. The molecule has 0 aromatic heterocycles. The maximum absolute atomic E-state index is 13.2. The van der Waals surface area contributed by atoms with E-state index in [2.05, 4.69) is 0 Å². The molecule has 0 aromatic rings. The molecule has 13 heavy (non-hydrogen) atoms.